The van der Waals surface area contributed by atoms with E-state index in [2.05, 4.69) is 10.8 Å². The Bertz CT molecular complexity index is 1200. The van der Waals surface area contributed by atoms with Gasteiger partial charge in [-0.05, 0) is 41.7 Å². The second kappa shape index (κ2) is 9.99. The van der Waals surface area contributed by atoms with E-state index >= 15 is 0 Å². The first-order valence-electron chi connectivity index (χ1n) is 11.2. The van der Waals surface area contributed by atoms with Crippen molar-refractivity contribution in [1.29, 1.82) is 0 Å². The topological polar surface area (TPSA) is 114 Å². The van der Waals surface area contributed by atoms with Crippen LogP contribution in [0, 0.1) is 0 Å². The first kappa shape index (κ1) is 24.0. The molecule has 1 aliphatic rings. The zero-order chi connectivity index (χ0) is 25.0. The number of fused-ring (bicyclic) bond motifs is 3. The fourth-order valence-electron chi connectivity index (χ4n) is 4.16. The number of amides is 2. The molecule has 0 radical (unpaired) electrons. The summed E-state index contributed by atoms with van der Waals surface area (Å²) in [5, 5.41) is 11.6. The van der Waals surface area contributed by atoms with Crippen LogP contribution >= 0.6 is 0 Å². The molecule has 2 unspecified atom stereocenters. The van der Waals surface area contributed by atoms with Crippen LogP contribution in [0.4, 0.5) is 4.79 Å². The van der Waals surface area contributed by atoms with E-state index in [1.165, 1.54) is 13.8 Å². The van der Waals surface area contributed by atoms with E-state index < -0.39 is 29.6 Å². The first-order valence-corrected chi connectivity index (χ1v) is 11.2. The standard InChI is InChI=1S/C27H26N2O6/c1-17(24(30)31)35-29-25(32)27(2,18-10-4-3-5-11-18)28-26(33)34-16-23-21-14-8-6-12-19(21)20-13-7-9-15-22(20)23/h3-15,17,23H,16H2,1-2H3,(H,28,33)(H,29,32)(H,30,31). The Balaban J connectivity index is 1.50. The van der Waals surface area contributed by atoms with Gasteiger partial charge in [0, 0.05) is 5.92 Å². The van der Waals surface area contributed by atoms with Crippen molar-refractivity contribution in [3.63, 3.8) is 0 Å². The number of rotatable bonds is 8. The fraction of sp³-hybridized carbons (Fsp3) is 0.222. The first-order chi connectivity index (χ1) is 16.8. The molecule has 2 amide bonds. The van der Waals surface area contributed by atoms with Gasteiger partial charge in [0.15, 0.2) is 6.10 Å². The van der Waals surface area contributed by atoms with Crippen LogP contribution in [-0.2, 0) is 24.7 Å². The Morgan fingerprint density at radius 2 is 1.46 bits per heavy atom. The molecule has 3 aromatic rings. The summed E-state index contributed by atoms with van der Waals surface area (Å²) in [5.41, 5.74) is 5.38. The Morgan fingerprint density at radius 1 is 0.914 bits per heavy atom. The van der Waals surface area contributed by atoms with E-state index in [1.807, 2.05) is 48.5 Å². The second-order valence-corrected chi connectivity index (χ2v) is 8.47. The number of carboxylic acids is 1. The summed E-state index contributed by atoms with van der Waals surface area (Å²) in [5.74, 6) is -2.12. The predicted octanol–water partition coefficient (Wildman–Crippen LogP) is 3.96. The molecule has 0 saturated heterocycles. The molecule has 35 heavy (non-hydrogen) atoms. The molecule has 1 aliphatic carbocycles. The minimum atomic E-state index is -1.58. The molecule has 3 aromatic carbocycles. The van der Waals surface area contributed by atoms with Gasteiger partial charge in [-0.3, -0.25) is 9.63 Å². The third-order valence-electron chi connectivity index (χ3n) is 6.18. The molecule has 4 rings (SSSR count). The van der Waals surface area contributed by atoms with Crippen LogP contribution in [0.3, 0.4) is 0 Å². The smallest absolute Gasteiger partial charge is 0.408 e. The van der Waals surface area contributed by atoms with Crippen molar-refractivity contribution in [3.05, 3.63) is 95.6 Å². The fourth-order valence-corrected chi connectivity index (χ4v) is 4.16. The molecular formula is C27H26N2O6. The molecule has 0 aromatic heterocycles. The Morgan fingerprint density at radius 3 is 2.03 bits per heavy atom. The van der Waals surface area contributed by atoms with E-state index in [9.17, 15) is 14.4 Å². The number of benzene rings is 3. The largest absolute Gasteiger partial charge is 0.479 e. The normalized spacial score (nSPS) is 14.7. The molecule has 0 heterocycles. The van der Waals surface area contributed by atoms with Crippen LogP contribution in [0.5, 0.6) is 0 Å². The minimum Gasteiger partial charge on any atom is -0.479 e. The highest BCUT2D eigenvalue weighted by Gasteiger charge is 2.39. The maximum atomic E-state index is 13.0. The number of carbonyl (C=O) groups is 3. The van der Waals surface area contributed by atoms with Gasteiger partial charge in [-0.25, -0.2) is 15.1 Å². The number of carboxylic acid groups (broad SMARTS) is 1. The highest BCUT2D eigenvalue weighted by molar-refractivity contribution is 5.90. The van der Waals surface area contributed by atoms with Crippen molar-refractivity contribution in [1.82, 2.24) is 10.8 Å². The maximum Gasteiger partial charge on any atom is 0.408 e. The molecule has 8 heteroatoms. The van der Waals surface area contributed by atoms with Gasteiger partial charge in [0.25, 0.3) is 5.91 Å². The van der Waals surface area contributed by atoms with E-state index in [-0.39, 0.29) is 12.5 Å². The van der Waals surface area contributed by atoms with Gasteiger partial charge >= 0.3 is 12.1 Å². The van der Waals surface area contributed by atoms with Gasteiger partial charge in [0.1, 0.15) is 12.1 Å². The van der Waals surface area contributed by atoms with Crippen molar-refractivity contribution in [2.24, 2.45) is 0 Å². The maximum absolute atomic E-state index is 13.0. The average Bonchev–Trinajstić information content (AvgIpc) is 3.19. The summed E-state index contributed by atoms with van der Waals surface area (Å²) >= 11 is 0. The summed E-state index contributed by atoms with van der Waals surface area (Å²) in [7, 11) is 0. The van der Waals surface area contributed by atoms with Gasteiger partial charge in [-0.1, -0.05) is 78.9 Å². The molecule has 8 nitrogen and oxygen atoms in total. The van der Waals surface area contributed by atoms with E-state index in [0.717, 1.165) is 22.3 Å². The summed E-state index contributed by atoms with van der Waals surface area (Å²) in [6, 6.07) is 24.5. The molecule has 3 N–H and O–H groups in total. The quantitative estimate of drug-likeness (QED) is 0.426. The lowest BCUT2D eigenvalue weighted by Crippen LogP contribution is -2.55. The number of ether oxygens (including phenoxy) is 1. The van der Waals surface area contributed by atoms with E-state index in [0.29, 0.717) is 5.56 Å². The molecular weight excluding hydrogens is 448 g/mol. The lowest BCUT2D eigenvalue weighted by Gasteiger charge is -2.30. The molecule has 0 saturated carbocycles. The second-order valence-electron chi connectivity index (χ2n) is 8.47. The predicted molar refractivity (Wildman–Crippen MR) is 128 cm³/mol. The van der Waals surface area contributed by atoms with Crippen LogP contribution in [0.2, 0.25) is 0 Å². The number of hydrogen-bond donors (Lipinski definition) is 3. The van der Waals surface area contributed by atoms with Crippen LogP contribution in [0.1, 0.15) is 36.5 Å². The van der Waals surface area contributed by atoms with Crippen molar-refractivity contribution in [2.75, 3.05) is 6.61 Å². The number of aliphatic carboxylic acids is 1. The molecule has 0 spiro atoms. The monoisotopic (exact) mass is 474 g/mol. The van der Waals surface area contributed by atoms with Crippen molar-refractivity contribution < 1.29 is 29.1 Å². The van der Waals surface area contributed by atoms with E-state index in [1.54, 1.807) is 30.3 Å². The van der Waals surface area contributed by atoms with Crippen LogP contribution in [0.15, 0.2) is 78.9 Å². The van der Waals surface area contributed by atoms with Gasteiger partial charge in [0.05, 0.1) is 0 Å². The number of carbonyl (C=O) groups excluding carboxylic acids is 2. The van der Waals surface area contributed by atoms with E-state index in [4.69, 9.17) is 14.7 Å². The van der Waals surface area contributed by atoms with Crippen molar-refractivity contribution in [2.45, 2.75) is 31.4 Å². The van der Waals surface area contributed by atoms with Gasteiger partial charge in [-0.15, -0.1) is 0 Å². The highest BCUT2D eigenvalue weighted by atomic mass is 16.7. The van der Waals surface area contributed by atoms with Gasteiger partial charge in [-0.2, -0.15) is 0 Å². The highest BCUT2D eigenvalue weighted by Crippen LogP contribution is 2.44. The number of hydrogen-bond acceptors (Lipinski definition) is 5. The van der Waals surface area contributed by atoms with Gasteiger partial charge < -0.3 is 15.2 Å². The van der Waals surface area contributed by atoms with Crippen LogP contribution in [-0.4, -0.2) is 35.8 Å². The summed E-state index contributed by atoms with van der Waals surface area (Å²) in [6.07, 6.45) is -2.06. The zero-order valence-corrected chi connectivity index (χ0v) is 19.4. The van der Waals surface area contributed by atoms with Crippen molar-refractivity contribution >= 4 is 18.0 Å². The third kappa shape index (κ3) is 4.88. The number of alkyl carbamates (subject to hydrolysis) is 1. The molecule has 0 aliphatic heterocycles. The summed E-state index contributed by atoms with van der Waals surface area (Å²) in [4.78, 5) is 41.9. The molecule has 0 fully saturated rings. The zero-order valence-electron chi connectivity index (χ0n) is 19.4. The van der Waals surface area contributed by atoms with Crippen LogP contribution < -0.4 is 10.8 Å². The molecule has 0 bridgehead atoms. The Kier molecular flexibility index (Phi) is 6.84. The minimum absolute atomic E-state index is 0.0822. The Hall–Kier alpha value is -4.17. The lowest BCUT2D eigenvalue weighted by atomic mass is 9.91. The lowest BCUT2D eigenvalue weighted by molar-refractivity contribution is -0.161. The van der Waals surface area contributed by atoms with Crippen molar-refractivity contribution in [3.8, 4) is 11.1 Å². The average molecular weight is 475 g/mol. The summed E-state index contributed by atoms with van der Waals surface area (Å²) in [6.45, 7) is 2.86. The SMILES string of the molecule is CC(ONC(=O)C(C)(NC(=O)OCC1c2ccccc2-c2ccccc21)c1ccccc1)C(=O)O. The molecule has 2 atom stereocenters. The number of hydroxylamine groups is 1. The Labute approximate surface area is 202 Å². The van der Waals surface area contributed by atoms with Gasteiger partial charge in [0.2, 0.25) is 0 Å². The number of nitrogens with one attached hydrogen (secondary N) is 2. The van der Waals surface area contributed by atoms with Crippen LogP contribution in [0.25, 0.3) is 11.1 Å². The summed E-state index contributed by atoms with van der Waals surface area (Å²) < 4.78 is 5.61. The third-order valence-corrected chi connectivity index (χ3v) is 6.18. The molecule has 180 valence electrons.